The molecule has 0 bridgehead atoms. The maximum absolute atomic E-state index is 14.7. The second-order valence-electron chi connectivity index (χ2n) is 7.54. The summed E-state index contributed by atoms with van der Waals surface area (Å²) in [6, 6.07) is 12.4. The molecule has 1 aliphatic heterocycles. The summed E-state index contributed by atoms with van der Waals surface area (Å²) in [6.07, 6.45) is 1.46. The summed E-state index contributed by atoms with van der Waals surface area (Å²) in [5, 5.41) is 11.7. The van der Waals surface area contributed by atoms with Gasteiger partial charge in [-0.1, -0.05) is 12.1 Å². The van der Waals surface area contributed by atoms with Crippen molar-refractivity contribution >= 4 is 23.5 Å². The zero-order valence-electron chi connectivity index (χ0n) is 17.8. The van der Waals surface area contributed by atoms with Crippen molar-refractivity contribution in [2.45, 2.75) is 13.0 Å². The van der Waals surface area contributed by atoms with Gasteiger partial charge >= 0.3 is 0 Å². The van der Waals surface area contributed by atoms with Crippen LogP contribution in [0.15, 0.2) is 54.7 Å². The van der Waals surface area contributed by atoms with Crippen molar-refractivity contribution < 1.29 is 23.9 Å². The van der Waals surface area contributed by atoms with Crippen molar-refractivity contribution in [3.05, 3.63) is 71.7 Å². The minimum Gasteiger partial charge on any atom is -0.375 e. The highest BCUT2D eigenvalue weighted by atomic mass is 19.1. The summed E-state index contributed by atoms with van der Waals surface area (Å²) >= 11 is 0. The first kappa shape index (κ1) is 22.3. The van der Waals surface area contributed by atoms with Crippen LogP contribution in [0.2, 0.25) is 0 Å². The van der Waals surface area contributed by atoms with E-state index in [1.165, 1.54) is 12.1 Å². The molecule has 2 heterocycles. The smallest absolute Gasteiger partial charge is 0.274 e. The largest absolute Gasteiger partial charge is 0.375 e. The van der Waals surface area contributed by atoms with Crippen LogP contribution >= 0.6 is 0 Å². The first-order chi connectivity index (χ1) is 15.9. The fourth-order valence-corrected chi connectivity index (χ4v) is 3.51. The highest BCUT2D eigenvalue weighted by Gasteiger charge is 2.24. The van der Waals surface area contributed by atoms with Gasteiger partial charge in [0.05, 0.1) is 24.0 Å². The summed E-state index contributed by atoms with van der Waals surface area (Å²) in [5.41, 5.74) is 3.57. The second kappa shape index (κ2) is 9.72. The van der Waals surface area contributed by atoms with Gasteiger partial charge in [-0.25, -0.2) is 19.8 Å². The van der Waals surface area contributed by atoms with Crippen LogP contribution in [-0.4, -0.2) is 57.7 Å². The van der Waals surface area contributed by atoms with Gasteiger partial charge in [0.1, 0.15) is 5.82 Å². The lowest BCUT2D eigenvalue weighted by molar-refractivity contribution is -0.0125. The van der Waals surface area contributed by atoms with Crippen molar-refractivity contribution in [1.82, 2.24) is 20.3 Å². The Morgan fingerprint density at radius 1 is 1.18 bits per heavy atom. The molecule has 0 aliphatic carbocycles. The molecule has 170 valence electrons. The van der Waals surface area contributed by atoms with Crippen LogP contribution in [0.4, 0.5) is 16.0 Å². The molecule has 33 heavy (non-hydrogen) atoms. The molecule has 0 radical (unpaired) electrons. The number of morpholine rings is 1. The molecule has 1 saturated heterocycles. The Kier molecular flexibility index (Phi) is 6.57. The fraction of sp³-hybridized carbons (Fsp3) is 0.217. The molecule has 10 heteroatoms. The maximum Gasteiger partial charge on any atom is 0.274 e. The molecule has 1 aromatic heterocycles. The van der Waals surface area contributed by atoms with E-state index in [2.05, 4.69) is 15.3 Å². The van der Waals surface area contributed by atoms with Crippen molar-refractivity contribution in [3.63, 3.8) is 0 Å². The standard InChI is InChI=1S/C23H22FN5O4/c1-14-13-29(10-11-33-14)22(31)18-7-6-17(12-19(18)24)26-23-25-9-8-20(27-23)15-2-4-16(5-3-15)21(30)28-32/h2-9,12,14,32H,10-11,13H2,1H3,(H,28,30)(H,25,26,27). The number of hydroxylamine groups is 1. The number of amides is 2. The molecule has 2 amide bonds. The Morgan fingerprint density at radius 3 is 2.67 bits per heavy atom. The lowest BCUT2D eigenvalue weighted by atomic mass is 10.1. The van der Waals surface area contributed by atoms with E-state index in [9.17, 15) is 14.0 Å². The summed E-state index contributed by atoms with van der Waals surface area (Å²) in [4.78, 5) is 34.3. The predicted octanol–water partition coefficient (Wildman–Crippen LogP) is 3.01. The molecule has 4 rings (SSSR count). The lowest BCUT2D eigenvalue weighted by Gasteiger charge is -2.31. The topological polar surface area (TPSA) is 117 Å². The third kappa shape index (κ3) is 5.13. The number of carbonyl (C=O) groups is 2. The molecule has 0 saturated carbocycles. The van der Waals surface area contributed by atoms with Gasteiger partial charge in [0, 0.05) is 36.1 Å². The van der Waals surface area contributed by atoms with E-state index in [1.807, 2.05) is 6.92 Å². The van der Waals surface area contributed by atoms with Gasteiger partial charge in [0.25, 0.3) is 11.8 Å². The monoisotopic (exact) mass is 451 g/mol. The number of hydrogen-bond donors (Lipinski definition) is 3. The van der Waals surface area contributed by atoms with Gasteiger partial charge in [0.2, 0.25) is 5.95 Å². The van der Waals surface area contributed by atoms with Gasteiger partial charge in [-0.15, -0.1) is 0 Å². The molecular weight excluding hydrogens is 429 g/mol. The van der Waals surface area contributed by atoms with Crippen LogP contribution in [-0.2, 0) is 4.74 Å². The van der Waals surface area contributed by atoms with Crippen LogP contribution < -0.4 is 10.8 Å². The van der Waals surface area contributed by atoms with Crippen molar-refractivity contribution in [3.8, 4) is 11.3 Å². The number of nitrogens with zero attached hydrogens (tertiary/aromatic N) is 3. The van der Waals surface area contributed by atoms with Crippen LogP contribution in [0, 0.1) is 5.82 Å². The van der Waals surface area contributed by atoms with Crippen LogP contribution in [0.3, 0.4) is 0 Å². The summed E-state index contributed by atoms with van der Waals surface area (Å²) in [7, 11) is 0. The summed E-state index contributed by atoms with van der Waals surface area (Å²) in [5.74, 6) is -1.38. The number of aromatic nitrogens is 2. The minimum atomic E-state index is -0.641. The van der Waals surface area contributed by atoms with E-state index < -0.39 is 11.7 Å². The third-order valence-electron chi connectivity index (χ3n) is 5.18. The van der Waals surface area contributed by atoms with Crippen molar-refractivity contribution in [2.24, 2.45) is 0 Å². The van der Waals surface area contributed by atoms with Crippen LogP contribution in [0.1, 0.15) is 27.6 Å². The first-order valence-electron chi connectivity index (χ1n) is 10.3. The molecule has 9 nitrogen and oxygen atoms in total. The Bertz CT molecular complexity index is 1170. The van der Waals surface area contributed by atoms with Gasteiger partial charge in [-0.3, -0.25) is 14.8 Å². The second-order valence-corrected chi connectivity index (χ2v) is 7.54. The SMILES string of the molecule is CC1CN(C(=O)c2ccc(Nc3nccc(-c4ccc(C(=O)NO)cc4)n3)cc2F)CCO1. The zero-order valence-corrected chi connectivity index (χ0v) is 17.8. The highest BCUT2D eigenvalue weighted by molar-refractivity contribution is 5.95. The van der Waals surface area contributed by atoms with Crippen molar-refractivity contribution in [1.29, 1.82) is 0 Å². The first-order valence-corrected chi connectivity index (χ1v) is 10.3. The molecular formula is C23H22FN5O4. The predicted molar refractivity (Wildman–Crippen MR) is 118 cm³/mol. The molecule has 1 unspecified atom stereocenters. The Morgan fingerprint density at radius 2 is 1.97 bits per heavy atom. The lowest BCUT2D eigenvalue weighted by Crippen LogP contribution is -2.44. The van der Waals surface area contributed by atoms with E-state index in [0.717, 1.165) is 5.56 Å². The van der Waals surface area contributed by atoms with Gasteiger partial charge in [-0.05, 0) is 43.3 Å². The number of anilines is 2. The summed E-state index contributed by atoms with van der Waals surface area (Å²) < 4.78 is 20.2. The van der Waals surface area contributed by atoms with E-state index in [-0.39, 0.29) is 23.5 Å². The molecule has 1 aliphatic rings. The van der Waals surface area contributed by atoms with Crippen molar-refractivity contribution in [2.75, 3.05) is 25.0 Å². The normalized spacial score (nSPS) is 15.7. The minimum absolute atomic E-state index is 0.00340. The van der Waals surface area contributed by atoms with E-state index in [1.54, 1.807) is 53.0 Å². The van der Waals surface area contributed by atoms with Gasteiger partial charge < -0.3 is 15.0 Å². The molecule has 0 spiro atoms. The third-order valence-corrected chi connectivity index (χ3v) is 5.18. The molecule has 1 atom stereocenters. The Hall–Kier alpha value is -3.89. The fourth-order valence-electron chi connectivity index (χ4n) is 3.51. The summed E-state index contributed by atoms with van der Waals surface area (Å²) in [6.45, 7) is 3.15. The maximum atomic E-state index is 14.7. The molecule has 1 fully saturated rings. The zero-order chi connectivity index (χ0) is 23.4. The molecule has 3 aromatic rings. The highest BCUT2D eigenvalue weighted by Crippen LogP contribution is 2.22. The average Bonchev–Trinajstić information content (AvgIpc) is 2.83. The van der Waals surface area contributed by atoms with E-state index in [0.29, 0.717) is 36.6 Å². The van der Waals surface area contributed by atoms with Crippen LogP contribution in [0.25, 0.3) is 11.3 Å². The van der Waals surface area contributed by atoms with Crippen LogP contribution in [0.5, 0.6) is 0 Å². The van der Waals surface area contributed by atoms with Gasteiger partial charge in [0.15, 0.2) is 0 Å². The number of benzene rings is 2. The number of ether oxygens (including phenoxy) is 1. The molecule has 3 N–H and O–H groups in total. The number of nitrogens with one attached hydrogen (secondary N) is 2. The van der Waals surface area contributed by atoms with E-state index >= 15 is 0 Å². The average molecular weight is 451 g/mol. The Balaban J connectivity index is 1.49. The quantitative estimate of drug-likeness (QED) is 0.403. The van der Waals surface area contributed by atoms with E-state index in [4.69, 9.17) is 9.94 Å². The molecule has 2 aromatic carbocycles. The Labute approximate surface area is 189 Å². The number of carbonyl (C=O) groups excluding carboxylic acids is 2. The number of halogens is 1. The number of rotatable bonds is 5. The number of hydrogen-bond acceptors (Lipinski definition) is 7. The van der Waals surface area contributed by atoms with Gasteiger partial charge in [-0.2, -0.15) is 0 Å².